The Bertz CT molecular complexity index is 245. The lowest BCUT2D eigenvalue weighted by Crippen LogP contribution is -2.41. The van der Waals surface area contributed by atoms with E-state index in [1.54, 1.807) is 0 Å². The summed E-state index contributed by atoms with van der Waals surface area (Å²) < 4.78 is 6.07. The second-order valence-electron chi connectivity index (χ2n) is 6.95. The first kappa shape index (κ1) is 14.3. The van der Waals surface area contributed by atoms with Crippen LogP contribution in [0.15, 0.2) is 0 Å². The molecule has 1 saturated heterocycles. The summed E-state index contributed by atoms with van der Waals surface area (Å²) in [4.78, 5) is 0. The third-order valence-corrected chi connectivity index (χ3v) is 4.78. The smallest absolute Gasteiger partial charge is 0.0585 e. The Balaban J connectivity index is 1.91. The summed E-state index contributed by atoms with van der Waals surface area (Å²) >= 11 is 0. The van der Waals surface area contributed by atoms with Crippen molar-refractivity contribution in [3.8, 4) is 0 Å². The fraction of sp³-hybridized carbons (Fsp3) is 1.00. The Morgan fingerprint density at radius 2 is 1.89 bits per heavy atom. The van der Waals surface area contributed by atoms with Gasteiger partial charge in [-0.1, -0.05) is 33.1 Å². The molecule has 0 aromatic carbocycles. The van der Waals surface area contributed by atoms with Crippen LogP contribution in [0.3, 0.4) is 0 Å². The van der Waals surface area contributed by atoms with Gasteiger partial charge in [0.15, 0.2) is 0 Å². The molecule has 1 N–H and O–H groups in total. The molecule has 2 nitrogen and oxygen atoms in total. The maximum atomic E-state index is 6.07. The Labute approximate surface area is 113 Å². The van der Waals surface area contributed by atoms with Gasteiger partial charge in [0.25, 0.3) is 0 Å². The Kier molecular flexibility index (Phi) is 5.08. The van der Waals surface area contributed by atoms with E-state index in [9.17, 15) is 0 Å². The molecule has 2 rings (SSSR count). The van der Waals surface area contributed by atoms with E-state index in [0.29, 0.717) is 23.7 Å². The van der Waals surface area contributed by atoms with Crippen molar-refractivity contribution in [1.29, 1.82) is 0 Å². The van der Waals surface area contributed by atoms with E-state index in [4.69, 9.17) is 4.74 Å². The number of hydrogen-bond donors (Lipinski definition) is 1. The van der Waals surface area contributed by atoms with Crippen molar-refractivity contribution in [2.24, 2.45) is 5.41 Å². The first-order valence-electron chi connectivity index (χ1n) is 7.98. The van der Waals surface area contributed by atoms with Gasteiger partial charge in [-0.2, -0.15) is 0 Å². The van der Waals surface area contributed by atoms with Crippen LogP contribution in [0.25, 0.3) is 0 Å². The summed E-state index contributed by atoms with van der Waals surface area (Å²) in [5.74, 6) is 0. The van der Waals surface area contributed by atoms with Crippen LogP contribution in [0.1, 0.15) is 72.1 Å². The zero-order chi connectivity index (χ0) is 13.0. The van der Waals surface area contributed by atoms with Crippen LogP contribution in [-0.2, 0) is 4.74 Å². The Morgan fingerprint density at radius 1 is 1.17 bits per heavy atom. The molecule has 106 valence electrons. The maximum Gasteiger partial charge on any atom is 0.0585 e. The first-order chi connectivity index (χ1) is 8.60. The van der Waals surface area contributed by atoms with Gasteiger partial charge in [0, 0.05) is 12.6 Å². The van der Waals surface area contributed by atoms with Crippen LogP contribution in [0.2, 0.25) is 0 Å². The minimum atomic E-state index is 0.494. The van der Waals surface area contributed by atoms with Gasteiger partial charge < -0.3 is 10.1 Å². The van der Waals surface area contributed by atoms with Crippen LogP contribution in [-0.4, -0.2) is 24.8 Å². The monoisotopic (exact) mass is 253 g/mol. The van der Waals surface area contributed by atoms with Crippen LogP contribution in [0, 0.1) is 5.41 Å². The van der Waals surface area contributed by atoms with Crippen molar-refractivity contribution in [2.75, 3.05) is 6.54 Å². The third-order valence-electron chi connectivity index (χ3n) is 4.78. The molecule has 2 fully saturated rings. The molecule has 2 unspecified atom stereocenters. The highest BCUT2D eigenvalue weighted by Crippen LogP contribution is 2.42. The lowest BCUT2D eigenvalue weighted by molar-refractivity contribution is 0.0101. The largest absolute Gasteiger partial charge is 0.375 e. The van der Waals surface area contributed by atoms with Crippen LogP contribution in [0.4, 0.5) is 0 Å². The summed E-state index contributed by atoms with van der Waals surface area (Å²) in [6.45, 7) is 7.92. The highest BCUT2D eigenvalue weighted by molar-refractivity contribution is 4.89. The predicted molar refractivity (Wildman–Crippen MR) is 76.8 cm³/mol. The van der Waals surface area contributed by atoms with Gasteiger partial charge in [0.1, 0.15) is 0 Å². The molecule has 18 heavy (non-hydrogen) atoms. The minimum absolute atomic E-state index is 0.494. The highest BCUT2D eigenvalue weighted by Gasteiger charge is 2.36. The lowest BCUT2D eigenvalue weighted by atomic mass is 9.70. The third kappa shape index (κ3) is 3.96. The van der Waals surface area contributed by atoms with Crippen molar-refractivity contribution in [3.05, 3.63) is 0 Å². The standard InChI is InChI=1S/C16H31NO/c1-13(2)17-12-16(9-5-4-6-10-16)11-15-8-7-14(3)18-15/h13-15,17H,4-12H2,1-3H3. The lowest BCUT2D eigenvalue weighted by Gasteiger charge is -2.40. The van der Waals surface area contributed by atoms with Crippen LogP contribution in [0.5, 0.6) is 0 Å². The van der Waals surface area contributed by atoms with Gasteiger partial charge in [0.2, 0.25) is 0 Å². The van der Waals surface area contributed by atoms with Crippen LogP contribution >= 0.6 is 0 Å². The van der Waals surface area contributed by atoms with E-state index < -0.39 is 0 Å². The summed E-state index contributed by atoms with van der Waals surface area (Å²) in [5.41, 5.74) is 0.525. The van der Waals surface area contributed by atoms with Crippen molar-refractivity contribution >= 4 is 0 Å². The average molecular weight is 253 g/mol. The van der Waals surface area contributed by atoms with Gasteiger partial charge in [-0.05, 0) is 44.4 Å². The normalized spacial score (nSPS) is 32.0. The minimum Gasteiger partial charge on any atom is -0.375 e. The Hall–Kier alpha value is -0.0800. The van der Waals surface area contributed by atoms with Crippen molar-refractivity contribution in [2.45, 2.75) is 90.4 Å². The highest BCUT2D eigenvalue weighted by atomic mass is 16.5. The quantitative estimate of drug-likeness (QED) is 0.802. The van der Waals surface area contributed by atoms with E-state index >= 15 is 0 Å². The van der Waals surface area contributed by atoms with Gasteiger partial charge >= 0.3 is 0 Å². The molecule has 1 aliphatic heterocycles. The second-order valence-corrected chi connectivity index (χ2v) is 6.95. The zero-order valence-corrected chi connectivity index (χ0v) is 12.5. The molecule has 0 aromatic heterocycles. The molecule has 1 heterocycles. The first-order valence-corrected chi connectivity index (χ1v) is 7.98. The van der Waals surface area contributed by atoms with Gasteiger partial charge in [-0.25, -0.2) is 0 Å². The SMILES string of the molecule is CC(C)NCC1(CC2CCC(C)O2)CCCCC1. The van der Waals surface area contributed by atoms with E-state index in [1.807, 2.05) is 0 Å². The number of ether oxygens (including phenoxy) is 1. The number of rotatable bonds is 5. The molecule has 0 spiro atoms. The van der Waals surface area contributed by atoms with E-state index in [2.05, 4.69) is 26.1 Å². The molecule has 0 radical (unpaired) electrons. The molecule has 0 aromatic rings. The van der Waals surface area contributed by atoms with E-state index in [0.717, 1.165) is 0 Å². The zero-order valence-electron chi connectivity index (χ0n) is 12.5. The summed E-state index contributed by atoms with van der Waals surface area (Å²) in [5, 5.41) is 3.69. The van der Waals surface area contributed by atoms with Gasteiger partial charge in [0.05, 0.1) is 12.2 Å². The molecule has 2 atom stereocenters. The molecule has 0 bridgehead atoms. The Morgan fingerprint density at radius 3 is 2.44 bits per heavy atom. The average Bonchev–Trinajstić information content (AvgIpc) is 2.73. The van der Waals surface area contributed by atoms with Gasteiger partial charge in [-0.3, -0.25) is 0 Å². The van der Waals surface area contributed by atoms with Crippen LogP contribution < -0.4 is 5.32 Å². The maximum absolute atomic E-state index is 6.07. The number of nitrogens with one attached hydrogen (secondary N) is 1. The van der Waals surface area contributed by atoms with Crippen molar-refractivity contribution in [3.63, 3.8) is 0 Å². The molecular weight excluding hydrogens is 222 g/mol. The summed E-state index contributed by atoms with van der Waals surface area (Å²) in [6.07, 6.45) is 11.9. The number of hydrogen-bond acceptors (Lipinski definition) is 2. The summed E-state index contributed by atoms with van der Waals surface area (Å²) in [6, 6.07) is 0.604. The second kappa shape index (κ2) is 6.38. The fourth-order valence-electron chi connectivity index (χ4n) is 3.69. The van der Waals surface area contributed by atoms with Crippen molar-refractivity contribution < 1.29 is 4.74 Å². The topological polar surface area (TPSA) is 21.3 Å². The fourth-order valence-corrected chi connectivity index (χ4v) is 3.69. The molecule has 2 aliphatic rings. The van der Waals surface area contributed by atoms with E-state index in [-0.39, 0.29) is 0 Å². The molecule has 1 aliphatic carbocycles. The van der Waals surface area contributed by atoms with Crippen molar-refractivity contribution in [1.82, 2.24) is 5.32 Å². The molecular formula is C16H31NO. The van der Waals surface area contributed by atoms with E-state index in [1.165, 1.54) is 57.9 Å². The molecule has 2 heteroatoms. The summed E-state index contributed by atoms with van der Waals surface area (Å²) in [7, 11) is 0. The molecule has 1 saturated carbocycles. The molecule has 0 amide bonds. The van der Waals surface area contributed by atoms with Gasteiger partial charge in [-0.15, -0.1) is 0 Å². The predicted octanol–water partition coefficient (Wildman–Crippen LogP) is 3.89.